The molecule has 0 aromatic rings. The van der Waals surface area contributed by atoms with E-state index in [2.05, 4.69) is 40.0 Å². The molecule has 1 aliphatic carbocycles. The Morgan fingerprint density at radius 1 is 1.22 bits per heavy atom. The standard InChI is InChI=1S/C10H18.C8H16/c1-3-9(2)10-7-5-4-6-8-10;1-4-5-6-7-8(2)3/h3,9-10H,1,4-8H2,2H3;2,4-7H2,1,3H3. The van der Waals surface area contributed by atoms with Crippen molar-refractivity contribution in [3.63, 3.8) is 0 Å². The van der Waals surface area contributed by atoms with Crippen LogP contribution in [-0.2, 0) is 0 Å². The van der Waals surface area contributed by atoms with Crippen molar-refractivity contribution in [1.29, 1.82) is 0 Å². The van der Waals surface area contributed by atoms with Gasteiger partial charge < -0.3 is 0 Å². The van der Waals surface area contributed by atoms with Crippen LogP contribution in [0.25, 0.3) is 0 Å². The molecule has 0 nitrogen and oxygen atoms in total. The van der Waals surface area contributed by atoms with Crippen LogP contribution in [0.1, 0.15) is 78.6 Å². The summed E-state index contributed by atoms with van der Waals surface area (Å²) in [6, 6.07) is 0. The predicted octanol–water partition coefficient (Wildman–Crippen LogP) is 6.53. The van der Waals surface area contributed by atoms with Crippen molar-refractivity contribution < 1.29 is 0 Å². The molecule has 0 amide bonds. The van der Waals surface area contributed by atoms with E-state index in [9.17, 15) is 0 Å². The highest BCUT2D eigenvalue weighted by molar-refractivity contribution is 4.86. The Morgan fingerprint density at radius 2 is 1.83 bits per heavy atom. The van der Waals surface area contributed by atoms with Crippen LogP contribution in [0.3, 0.4) is 0 Å². The number of allylic oxidation sites excluding steroid dienone is 2. The van der Waals surface area contributed by atoms with E-state index in [1.165, 1.54) is 63.4 Å². The van der Waals surface area contributed by atoms with Gasteiger partial charge in [-0.1, -0.05) is 57.6 Å². The van der Waals surface area contributed by atoms with E-state index in [0.29, 0.717) is 0 Å². The Hall–Kier alpha value is -0.520. The summed E-state index contributed by atoms with van der Waals surface area (Å²) in [7, 11) is 0. The maximum atomic E-state index is 3.84. The van der Waals surface area contributed by atoms with Gasteiger partial charge in [0.05, 0.1) is 0 Å². The SMILES string of the molecule is C=C(C)CCCCC.C=CC(C)C1CCCCC1. The Bertz CT molecular complexity index is 208. The zero-order chi connectivity index (χ0) is 13.8. The molecule has 1 rings (SSSR count). The number of hydrogen-bond donors (Lipinski definition) is 0. The van der Waals surface area contributed by atoms with Crippen molar-refractivity contribution in [3.05, 3.63) is 24.8 Å². The van der Waals surface area contributed by atoms with Crippen LogP contribution < -0.4 is 0 Å². The second-order valence-electron chi connectivity index (χ2n) is 5.91. The van der Waals surface area contributed by atoms with Gasteiger partial charge in [-0.2, -0.15) is 0 Å². The molecular weight excluding hydrogens is 216 g/mol. The molecule has 0 heteroatoms. The first-order valence-corrected chi connectivity index (χ1v) is 7.88. The van der Waals surface area contributed by atoms with Crippen LogP contribution >= 0.6 is 0 Å². The minimum absolute atomic E-state index is 0.750. The summed E-state index contributed by atoms with van der Waals surface area (Å²) < 4.78 is 0. The Labute approximate surface area is 116 Å². The highest BCUT2D eigenvalue weighted by atomic mass is 14.2. The minimum atomic E-state index is 0.750. The van der Waals surface area contributed by atoms with Gasteiger partial charge in [-0.05, 0) is 44.4 Å². The molecule has 0 saturated heterocycles. The Kier molecular flexibility index (Phi) is 11.2. The molecule has 1 aliphatic rings. The molecule has 0 aromatic carbocycles. The van der Waals surface area contributed by atoms with E-state index in [-0.39, 0.29) is 0 Å². The third kappa shape index (κ3) is 9.50. The Morgan fingerprint density at radius 3 is 2.28 bits per heavy atom. The van der Waals surface area contributed by atoms with Gasteiger partial charge in [0.15, 0.2) is 0 Å². The molecule has 0 radical (unpaired) electrons. The van der Waals surface area contributed by atoms with E-state index in [1.54, 1.807) is 0 Å². The maximum Gasteiger partial charge on any atom is -0.0236 e. The zero-order valence-corrected chi connectivity index (χ0v) is 13.0. The first-order chi connectivity index (χ1) is 8.61. The van der Waals surface area contributed by atoms with E-state index < -0.39 is 0 Å². The van der Waals surface area contributed by atoms with Crippen molar-refractivity contribution in [1.82, 2.24) is 0 Å². The lowest BCUT2D eigenvalue weighted by Gasteiger charge is -2.25. The molecule has 0 bridgehead atoms. The third-order valence-electron chi connectivity index (χ3n) is 3.97. The normalized spacial score (nSPS) is 17.5. The second kappa shape index (κ2) is 11.6. The van der Waals surface area contributed by atoms with Crippen molar-refractivity contribution >= 4 is 0 Å². The first kappa shape index (κ1) is 17.5. The molecular formula is C18H34. The van der Waals surface area contributed by atoms with Gasteiger partial charge in [0.1, 0.15) is 0 Å². The fraction of sp³-hybridized carbons (Fsp3) is 0.778. The van der Waals surface area contributed by atoms with Gasteiger partial charge >= 0.3 is 0 Å². The summed E-state index contributed by atoms with van der Waals surface area (Å²) in [6.45, 7) is 14.3. The Balaban J connectivity index is 0.000000331. The summed E-state index contributed by atoms with van der Waals surface area (Å²) >= 11 is 0. The molecule has 1 fully saturated rings. The first-order valence-electron chi connectivity index (χ1n) is 7.88. The molecule has 0 aliphatic heterocycles. The summed E-state index contributed by atoms with van der Waals surface area (Å²) in [5.41, 5.74) is 1.32. The smallest absolute Gasteiger partial charge is 0.0236 e. The van der Waals surface area contributed by atoms with Gasteiger partial charge in [-0.3, -0.25) is 0 Å². The molecule has 1 unspecified atom stereocenters. The topological polar surface area (TPSA) is 0 Å². The van der Waals surface area contributed by atoms with E-state index >= 15 is 0 Å². The summed E-state index contributed by atoms with van der Waals surface area (Å²) in [5, 5.41) is 0. The van der Waals surface area contributed by atoms with Gasteiger partial charge in [0.2, 0.25) is 0 Å². The van der Waals surface area contributed by atoms with Gasteiger partial charge in [-0.15, -0.1) is 13.2 Å². The van der Waals surface area contributed by atoms with Crippen molar-refractivity contribution in [3.8, 4) is 0 Å². The third-order valence-corrected chi connectivity index (χ3v) is 3.97. The fourth-order valence-electron chi connectivity index (χ4n) is 2.53. The molecule has 1 atom stereocenters. The second-order valence-corrected chi connectivity index (χ2v) is 5.91. The van der Waals surface area contributed by atoms with Crippen LogP contribution in [0.15, 0.2) is 24.8 Å². The highest BCUT2D eigenvalue weighted by Crippen LogP contribution is 2.29. The fourth-order valence-corrected chi connectivity index (χ4v) is 2.53. The van der Waals surface area contributed by atoms with Crippen molar-refractivity contribution in [2.45, 2.75) is 78.6 Å². The van der Waals surface area contributed by atoms with E-state index in [4.69, 9.17) is 0 Å². The molecule has 0 N–H and O–H groups in total. The van der Waals surface area contributed by atoms with Crippen LogP contribution in [0.4, 0.5) is 0 Å². The van der Waals surface area contributed by atoms with E-state index in [1.807, 2.05) is 0 Å². The average molecular weight is 250 g/mol. The molecule has 18 heavy (non-hydrogen) atoms. The average Bonchev–Trinajstić information content (AvgIpc) is 2.39. The van der Waals surface area contributed by atoms with Gasteiger partial charge in [0.25, 0.3) is 0 Å². The minimum Gasteiger partial charge on any atom is -0.103 e. The monoisotopic (exact) mass is 250 g/mol. The lowest BCUT2D eigenvalue weighted by atomic mass is 9.81. The zero-order valence-electron chi connectivity index (χ0n) is 13.0. The van der Waals surface area contributed by atoms with Crippen LogP contribution in [0.2, 0.25) is 0 Å². The van der Waals surface area contributed by atoms with Crippen molar-refractivity contribution in [2.75, 3.05) is 0 Å². The van der Waals surface area contributed by atoms with Gasteiger partial charge in [0, 0.05) is 0 Å². The molecule has 0 aromatic heterocycles. The van der Waals surface area contributed by atoms with Crippen LogP contribution in [0.5, 0.6) is 0 Å². The summed E-state index contributed by atoms with van der Waals surface area (Å²) in [5.74, 6) is 1.70. The molecule has 0 heterocycles. The maximum absolute atomic E-state index is 3.84. The number of rotatable bonds is 6. The largest absolute Gasteiger partial charge is 0.103 e. The molecule has 106 valence electrons. The lowest BCUT2D eigenvalue weighted by Crippen LogP contribution is -2.12. The quantitative estimate of drug-likeness (QED) is 0.371. The summed E-state index contributed by atoms with van der Waals surface area (Å²) in [4.78, 5) is 0. The van der Waals surface area contributed by atoms with Crippen LogP contribution in [-0.4, -0.2) is 0 Å². The molecule has 0 spiro atoms. The predicted molar refractivity (Wildman–Crippen MR) is 84.9 cm³/mol. The summed E-state index contributed by atoms with van der Waals surface area (Å²) in [6.07, 6.45) is 14.5. The van der Waals surface area contributed by atoms with Crippen molar-refractivity contribution in [2.24, 2.45) is 11.8 Å². The lowest BCUT2D eigenvalue weighted by molar-refractivity contribution is 0.300. The van der Waals surface area contributed by atoms with Crippen LogP contribution in [0, 0.1) is 11.8 Å². The number of hydrogen-bond acceptors (Lipinski definition) is 0. The number of unbranched alkanes of at least 4 members (excludes halogenated alkanes) is 2. The van der Waals surface area contributed by atoms with Gasteiger partial charge in [-0.25, -0.2) is 0 Å². The molecule has 1 saturated carbocycles. The highest BCUT2D eigenvalue weighted by Gasteiger charge is 2.16. The van der Waals surface area contributed by atoms with E-state index in [0.717, 1.165) is 11.8 Å².